The van der Waals surface area contributed by atoms with E-state index in [-0.39, 0.29) is 24.0 Å². The molecule has 0 aliphatic carbocycles. The number of halogens is 1. The van der Waals surface area contributed by atoms with Gasteiger partial charge in [-0.2, -0.15) is 5.10 Å². The molecular weight excluding hydrogens is 499 g/mol. The summed E-state index contributed by atoms with van der Waals surface area (Å²) in [7, 11) is 1.62. The molecule has 2 aromatic heterocycles. The predicted molar refractivity (Wildman–Crippen MR) is 127 cm³/mol. The van der Waals surface area contributed by atoms with Crippen molar-refractivity contribution in [1.82, 2.24) is 20.5 Å². The van der Waals surface area contributed by atoms with Crippen LogP contribution in [0.5, 0.6) is 11.5 Å². The van der Waals surface area contributed by atoms with Gasteiger partial charge < -0.3 is 24.5 Å². The summed E-state index contributed by atoms with van der Waals surface area (Å²) in [4.78, 5) is 9.03. The summed E-state index contributed by atoms with van der Waals surface area (Å²) >= 11 is 0. The number of aromatic amines is 1. The Morgan fingerprint density at radius 2 is 2.10 bits per heavy atom. The first kappa shape index (κ1) is 23.5. The lowest BCUT2D eigenvalue weighted by Crippen LogP contribution is -2.31. The van der Waals surface area contributed by atoms with Crippen LogP contribution >= 0.6 is 24.0 Å². The highest BCUT2D eigenvalue weighted by molar-refractivity contribution is 14.0. The fraction of sp³-hybridized carbons (Fsp3) is 0.350. The van der Waals surface area contributed by atoms with E-state index in [1.54, 1.807) is 19.4 Å². The van der Waals surface area contributed by atoms with E-state index in [0.717, 1.165) is 18.1 Å². The monoisotopic (exact) mass is 526 g/mol. The zero-order chi connectivity index (χ0) is 20.5. The van der Waals surface area contributed by atoms with Crippen molar-refractivity contribution in [3.05, 3.63) is 42.4 Å². The van der Waals surface area contributed by atoms with Gasteiger partial charge in [-0.3, -0.25) is 10.1 Å². The number of methoxy groups -OCH3 is 1. The molecule has 0 unspecified atom stereocenters. The minimum absolute atomic E-state index is 0. The van der Waals surface area contributed by atoms with Gasteiger partial charge in [0.2, 0.25) is 5.82 Å². The Morgan fingerprint density at radius 1 is 1.23 bits per heavy atom. The number of hydrogen-bond acceptors (Lipinski definition) is 6. The summed E-state index contributed by atoms with van der Waals surface area (Å²) in [5.74, 6) is 3.97. The highest BCUT2D eigenvalue weighted by Gasteiger charge is 2.09. The highest BCUT2D eigenvalue weighted by atomic mass is 127. The van der Waals surface area contributed by atoms with Crippen molar-refractivity contribution < 1.29 is 13.9 Å². The van der Waals surface area contributed by atoms with E-state index in [4.69, 9.17) is 13.9 Å². The number of aromatic nitrogens is 3. The van der Waals surface area contributed by atoms with Gasteiger partial charge in [0.15, 0.2) is 23.2 Å². The van der Waals surface area contributed by atoms with E-state index in [1.807, 2.05) is 38.1 Å². The van der Waals surface area contributed by atoms with Crippen molar-refractivity contribution in [1.29, 1.82) is 0 Å². The van der Waals surface area contributed by atoms with Crippen molar-refractivity contribution in [2.24, 2.45) is 4.99 Å². The summed E-state index contributed by atoms with van der Waals surface area (Å²) in [6.07, 6.45) is 2.22. The average molecular weight is 526 g/mol. The fourth-order valence-electron chi connectivity index (χ4n) is 2.66. The number of H-pyrrole nitrogens is 1. The zero-order valence-electron chi connectivity index (χ0n) is 17.3. The SMILES string of the molecule is CCNC(=NCCc1nc(-c2ccco2)n[nH]1)Nc1ccc(OCC)c(OC)c1.I. The Morgan fingerprint density at radius 3 is 2.80 bits per heavy atom. The molecule has 10 heteroatoms. The Hall–Kier alpha value is -2.76. The van der Waals surface area contributed by atoms with Gasteiger partial charge >= 0.3 is 0 Å². The van der Waals surface area contributed by atoms with Crippen LogP contribution in [0.3, 0.4) is 0 Å². The van der Waals surface area contributed by atoms with Gasteiger partial charge in [0.05, 0.1) is 20.0 Å². The Bertz CT molecular complexity index is 927. The maximum absolute atomic E-state index is 5.56. The van der Waals surface area contributed by atoms with Gasteiger partial charge in [0.1, 0.15) is 5.82 Å². The van der Waals surface area contributed by atoms with Gasteiger partial charge in [0.25, 0.3) is 0 Å². The summed E-state index contributed by atoms with van der Waals surface area (Å²) in [5.41, 5.74) is 0.852. The number of guanidine groups is 1. The minimum Gasteiger partial charge on any atom is -0.493 e. The van der Waals surface area contributed by atoms with Crippen molar-refractivity contribution >= 4 is 35.6 Å². The molecule has 0 spiro atoms. The lowest BCUT2D eigenvalue weighted by atomic mass is 10.2. The van der Waals surface area contributed by atoms with Gasteiger partial charge in [0, 0.05) is 31.3 Å². The minimum atomic E-state index is 0. The molecule has 0 fully saturated rings. The molecule has 0 amide bonds. The molecule has 1 aromatic carbocycles. The first-order valence-corrected chi connectivity index (χ1v) is 9.54. The Kier molecular flexibility index (Phi) is 9.45. The molecule has 0 aliphatic rings. The standard InChI is InChI=1S/C20H26N6O3.HI/c1-4-21-20(23-14-8-9-15(28-5-2)17(13-14)27-3)22-11-10-18-24-19(26-25-18)16-7-6-12-29-16;/h6-9,12-13H,4-5,10-11H2,1-3H3,(H2,21,22,23)(H,24,25,26);1H. The van der Waals surface area contributed by atoms with Gasteiger partial charge in [-0.1, -0.05) is 0 Å². The number of rotatable bonds is 9. The van der Waals surface area contributed by atoms with E-state index in [2.05, 4.69) is 30.8 Å². The number of ether oxygens (including phenoxy) is 2. The van der Waals surface area contributed by atoms with Crippen LogP contribution in [0.4, 0.5) is 5.69 Å². The number of hydrogen-bond donors (Lipinski definition) is 3. The molecule has 0 atom stereocenters. The first-order chi connectivity index (χ1) is 14.2. The van der Waals surface area contributed by atoms with Crippen molar-refractivity contribution in [2.75, 3.05) is 32.1 Å². The number of nitrogens with one attached hydrogen (secondary N) is 3. The summed E-state index contributed by atoms with van der Waals surface area (Å²) in [5, 5.41) is 13.6. The molecule has 162 valence electrons. The second-order valence-corrected chi connectivity index (χ2v) is 6.02. The molecule has 9 nitrogen and oxygen atoms in total. The molecule has 0 saturated carbocycles. The lowest BCUT2D eigenvalue weighted by molar-refractivity contribution is 0.311. The molecule has 30 heavy (non-hydrogen) atoms. The topological polar surface area (TPSA) is 110 Å². The van der Waals surface area contributed by atoms with Gasteiger partial charge in [-0.05, 0) is 38.1 Å². The largest absolute Gasteiger partial charge is 0.493 e. The first-order valence-electron chi connectivity index (χ1n) is 9.54. The van der Waals surface area contributed by atoms with Crippen LogP contribution in [0, 0.1) is 0 Å². The number of nitrogens with zero attached hydrogens (tertiary/aromatic N) is 3. The summed E-state index contributed by atoms with van der Waals surface area (Å²) < 4.78 is 16.3. The quantitative estimate of drug-likeness (QED) is 0.222. The third kappa shape index (κ3) is 6.37. The van der Waals surface area contributed by atoms with Crippen LogP contribution in [0.2, 0.25) is 0 Å². The van der Waals surface area contributed by atoms with Crippen LogP contribution in [0.25, 0.3) is 11.6 Å². The maximum atomic E-state index is 5.56. The molecule has 3 N–H and O–H groups in total. The zero-order valence-corrected chi connectivity index (χ0v) is 19.6. The molecule has 0 bridgehead atoms. The van der Waals surface area contributed by atoms with Crippen LogP contribution in [0.15, 0.2) is 46.0 Å². The lowest BCUT2D eigenvalue weighted by Gasteiger charge is -2.14. The van der Waals surface area contributed by atoms with E-state index in [1.165, 1.54) is 0 Å². The fourth-order valence-corrected chi connectivity index (χ4v) is 2.66. The second kappa shape index (κ2) is 12.1. The normalized spacial score (nSPS) is 11.0. The summed E-state index contributed by atoms with van der Waals surface area (Å²) in [6.45, 7) is 5.81. The molecule has 0 aliphatic heterocycles. The molecule has 0 saturated heterocycles. The second-order valence-electron chi connectivity index (χ2n) is 6.02. The Balaban J connectivity index is 0.00000320. The smallest absolute Gasteiger partial charge is 0.216 e. The number of benzene rings is 1. The van der Waals surface area contributed by atoms with E-state index in [0.29, 0.717) is 48.6 Å². The van der Waals surface area contributed by atoms with E-state index in [9.17, 15) is 0 Å². The molecule has 2 heterocycles. The maximum Gasteiger partial charge on any atom is 0.216 e. The predicted octanol–water partition coefficient (Wildman–Crippen LogP) is 3.71. The molecule has 3 aromatic rings. The Labute approximate surface area is 192 Å². The van der Waals surface area contributed by atoms with Crippen molar-refractivity contribution in [2.45, 2.75) is 20.3 Å². The van der Waals surface area contributed by atoms with Gasteiger partial charge in [-0.25, -0.2) is 4.98 Å². The third-order valence-electron chi connectivity index (χ3n) is 3.96. The van der Waals surface area contributed by atoms with Crippen molar-refractivity contribution in [3.8, 4) is 23.1 Å². The number of anilines is 1. The highest BCUT2D eigenvalue weighted by Crippen LogP contribution is 2.30. The van der Waals surface area contributed by atoms with E-state index >= 15 is 0 Å². The molecule has 3 rings (SSSR count). The summed E-state index contributed by atoms with van der Waals surface area (Å²) in [6, 6.07) is 9.30. The van der Waals surface area contributed by atoms with E-state index < -0.39 is 0 Å². The van der Waals surface area contributed by atoms with Gasteiger partial charge in [-0.15, -0.1) is 24.0 Å². The van der Waals surface area contributed by atoms with Crippen LogP contribution in [-0.4, -0.2) is 47.9 Å². The van der Waals surface area contributed by atoms with Crippen LogP contribution in [-0.2, 0) is 6.42 Å². The number of aliphatic imine (C=N–C) groups is 1. The third-order valence-corrected chi connectivity index (χ3v) is 3.96. The molecular formula is C20H27IN6O3. The molecule has 0 radical (unpaired) electrons. The number of furan rings is 1. The van der Waals surface area contributed by atoms with Crippen LogP contribution in [0.1, 0.15) is 19.7 Å². The average Bonchev–Trinajstić information content (AvgIpc) is 3.41. The van der Waals surface area contributed by atoms with Crippen molar-refractivity contribution in [3.63, 3.8) is 0 Å². The van der Waals surface area contributed by atoms with Crippen LogP contribution < -0.4 is 20.1 Å².